The summed E-state index contributed by atoms with van der Waals surface area (Å²) >= 11 is 0. The van der Waals surface area contributed by atoms with Crippen LogP contribution in [0.2, 0.25) is 0 Å². The number of ether oxygens (including phenoxy) is 2. The molecule has 0 amide bonds. The van der Waals surface area contributed by atoms with Gasteiger partial charge in [-0.1, -0.05) is 19.1 Å². The molecule has 0 aliphatic carbocycles. The topological polar surface area (TPSA) is 92.0 Å². The molecule has 0 saturated carbocycles. The number of halogens is 6. The van der Waals surface area contributed by atoms with Crippen molar-refractivity contribution in [1.29, 1.82) is 0 Å². The van der Waals surface area contributed by atoms with Crippen molar-refractivity contribution in [3.8, 4) is 39.8 Å². The molecule has 2 aliphatic rings. The third-order valence-electron chi connectivity index (χ3n) is 7.33. The predicted molar refractivity (Wildman–Crippen MR) is 167 cm³/mol. The Hall–Kier alpha value is -4.69. The van der Waals surface area contributed by atoms with E-state index < -0.39 is 35.4 Å². The van der Waals surface area contributed by atoms with E-state index in [1.807, 2.05) is 28.1 Å². The summed E-state index contributed by atoms with van der Waals surface area (Å²) in [6, 6.07) is 9.00. The minimum Gasteiger partial charge on any atom is -1.00 e. The van der Waals surface area contributed by atoms with Crippen molar-refractivity contribution in [1.82, 2.24) is 24.7 Å². The van der Waals surface area contributed by atoms with Gasteiger partial charge in [0.05, 0.1) is 70.1 Å². The summed E-state index contributed by atoms with van der Waals surface area (Å²) in [6.07, 6.45) is 0.550. The number of benzene rings is 2. The van der Waals surface area contributed by atoms with E-state index in [9.17, 15) is 26.7 Å². The van der Waals surface area contributed by atoms with E-state index >= 15 is 0 Å². The summed E-state index contributed by atoms with van der Waals surface area (Å²) in [6.45, 7) is 2.97. The molecule has 15 heteroatoms. The number of fused-ring (bicyclic) bond motifs is 1. The van der Waals surface area contributed by atoms with Crippen LogP contribution in [0.25, 0.3) is 34.0 Å². The van der Waals surface area contributed by atoms with Gasteiger partial charge in [-0.15, -0.1) is 0 Å². The van der Waals surface area contributed by atoms with Crippen LogP contribution in [0.5, 0.6) is 5.75 Å². The van der Waals surface area contributed by atoms with Gasteiger partial charge in [-0.05, 0) is 42.8 Å². The second-order valence-electron chi connectivity index (χ2n) is 12.1. The molecule has 0 spiro atoms. The van der Waals surface area contributed by atoms with Gasteiger partial charge in [0.1, 0.15) is 17.1 Å². The van der Waals surface area contributed by atoms with Crippen LogP contribution >= 0.6 is 0 Å². The molecule has 0 fully saturated rings. The van der Waals surface area contributed by atoms with E-state index in [0.29, 0.717) is 17.3 Å². The lowest BCUT2D eigenvalue weighted by atomic mass is 10.0. The summed E-state index contributed by atoms with van der Waals surface area (Å²) in [7, 11) is 6.02. The first-order valence-electron chi connectivity index (χ1n) is 15.2. The number of nitrogens with zero attached hydrogens (tertiary/aromatic N) is 6. The van der Waals surface area contributed by atoms with E-state index in [2.05, 4.69) is 20.1 Å². The Morgan fingerprint density at radius 1 is 0.939 bits per heavy atom. The fourth-order valence-electron chi connectivity index (χ4n) is 4.98. The molecule has 0 radical (unpaired) electrons. The Bertz CT molecular complexity index is 1860. The highest BCUT2D eigenvalue weighted by Crippen LogP contribution is 2.39. The van der Waals surface area contributed by atoms with Gasteiger partial charge in [0.25, 0.3) is 0 Å². The van der Waals surface area contributed by atoms with Crippen molar-refractivity contribution in [3.63, 3.8) is 0 Å². The number of alkyl halides is 3. The van der Waals surface area contributed by atoms with Crippen LogP contribution in [0.3, 0.4) is 0 Å². The molecule has 3 aromatic rings. The second-order valence-corrected chi connectivity index (χ2v) is 12.1. The van der Waals surface area contributed by atoms with E-state index in [0.717, 1.165) is 18.7 Å². The summed E-state index contributed by atoms with van der Waals surface area (Å²) in [5, 5.41) is 4.33. The van der Waals surface area contributed by atoms with Gasteiger partial charge in [0.2, 0.25) is 0 Å². The molecule has 2 aliphatic heterocycles. The van der Waals surface area contributed by atoms with Gasteiger partial charge in [-0.25, -0.2) is 23.5 Å². The molecule has 260 valence electrons. The lowest BCUT2D eigenvalue weighted by Gasteiger charge is -2.24. The second kappa shape index (κ2) is 15.2. The van der Waals surface area contributed by atoms with Crippen molar-refractivity contribution in [2.24, 2.45) is 0 Å². The average molecular weight is 705 g/mol. The fourth-order valence-corrected chi connectivity index (χ4v) is 4.98. The molecule has 0 bridgehead atoms. The van der Waals surface area contributed by atoms with Crippen molar-refractivity contribution in [2.75, 3.05) is 40.9 Å². The highest BCUT2D eigenvalue weighted by Gasteiger charge is 2.35. The van der Waals surface area contributed by atoms with E-state index in [1.54, 1.807) is 0 Å². The van der Waals surface area contributed by atoms with Gasteiger partial charge in [0.15, 0.2) is 23.5 Å². The lowest BCUT2D eigenvalue weighted by Crippen LogP contribution is -3.00. The summed E-state index contributed by atoms with van der Waals surface area (Å²) in [5.41, 5.74) is -0.412. The van der Waals surface area contributed by atoms with Crippen LogP contribution in [0.15, 0.2) is 67.1 Å². The zero-order chi connectivity index (χ0) is 34.6. The highest BCUT2D eigenvalue weighted by molar-refractivity contribution is 5.78. The smallest absolute Gasteiger partial charge is 0.417 e. The largest absolute Gasteiger partial charge is 1.00 e. The molecule has 0 saturated heterocycles. The van der Waals surface area contributed by atoms with E-state index in [4.69, 9.17) is 9.47 Å². The number of rotatable bonds is 12. The molecular weight excluding hydrogens is 671 g/mol. The highest BCUT2D eigenvalue weighted by atomic mass is 35.5. The third kappa shape index (κ3) is 8.86. The average Bonchev–Trinajstić information content (AvgIpc) is 3.46. The number of carbonyl (C=O) groups is 1. The first kappa shape index (κ1) is 37.1. The predicted octanol–water partition coefficient (Wildman–Crippen LogP) is 3.83. The minimum absolute atomic E-state index is 0. The lowest BCUT2D eigenvalue weighted by molar-refractivity contribution is -0.870. The van der Waals surface area contributed by atoms with E-state index in [1.165, 1.54) is 59.7 Å². The van der Waals surface area contributed by atoms with Crippen LogP contribution in [-0.2, 0) is 15.7 Å². The first-order valence-corrected chi connectivity index (χ1v) is 15.2. The Labute approximate surface area is 286 Å². The number of pyridine rings is 1. The van der Waals surface area contributed by atoms with Crippen LogP contribution in [-0.4, -0.2) is 76.1 Å². The zero-order valence-corrected chi connectivity index (χ0v) is 27.9. The van der Waals surface area contributed by atoms with Crippen LogP contribution < -0.4 is 17.1 Å². The quantitative estimate of drug-likeness (QED) is 0.0845. The molecule has 1 unspecified atom stereocenters. The maximum atomic E-state index is 14.5. The Balaban J connectivity index is 0.00000541. The molecule has 1 aromatic heterocycles. The summed E-state index contributed by atoms with van der Waals surface area (Å²) in [5.74, 6) is -2.83. The number of carbonyl (C=O) groups excluding carboxylic acids is 1. The monoisotopic (exact) mass is 704 g/mol. The van der Waals surface area contributed by atoms with E-state index in [-0.39, 0.29) is 71.0 Å². The number of hydrogen-bond acceptors (Lipinski definition) is 7. The number of hydrogen-bond donors (Lipinski definition) is 0. The molecule has 1 atom stereocenters. The summed E-state index contributed by atoms with van der Waals surface area (Å²) < 4.78 is 83.5. The molecule has 0 N–H and O–H groups in total. The Kier molecular flexibility index (Phi) is 11.6. The number of esters is 1. The van der Waals surface area contributed by atoms with Gasteiger partial charge < -0.3 is 26.4 Å². The molecule has 5 rings (SSSR count). The van der Waals surface area contributed by atoms with Crippen molar-refractivity contribution >= 4 is 5.97 Å². The minimum atomic E-state index is -4.68. The first-order chi connectivity index (χ1) is 22.7. The Morgan fingerprint density at radius 2 is 1.69 bits per heavy atom. The summed E-state index contributed by atoms with van der Waals surface area (Å²) in [4.78, 5) is 26.5. The number of quaternary nitrogens is 1. The van der Waals surface area contributed by atoms with Crippen LogP contribution in [0, 0.1) is 11.6 Å². The standard InChI is InChI=1S/C34H34F5N6O3.ClH/c1-5-15-47-22-11-12-23(25(17-22)34(37,38)39)27-13-10-21(18-40-27)31(33(46)48-16-7-14-45(2,3)4)44-20-29-28(19-41-44)42-32(43-29)24-8-6-9-26(35)30(24)36;/h6,8-13,17-20,31H,5,7,14-16H2,1-4H3;1H/q+1;/p-1. The maximum absolute atomic E-state index is 14.5. The zero-order valence-electron chi connectivity index (χ0n) is 27.1. The molecule has 2 aromatic carbocycles. The van der Waals surface area contributed by atoms with Gasteiger partial charge >= 0.3 is 12.1 Å². The van der Waals surface area contributed by atoms with Crippen LogP contribution in [0.1, 0.15) is 36.9 Å². The van der Waals surface area contributed by atoms with Crippen molar-refractivity contribution in [2.45, 2.75) is 32.0 Å². The SMILES string of the molecule is CCCOc1ccc(-c2ccc(C(C(=O)OCCC[N+](C)(C)C)n3cc4nc(-c5cccc(F)c5F)nc-4cn3)cn2)c(C(F)(F)F)c1.[Cl-]. The van der Waals surface area contributed by atoms with Gasteiger partial charge in [-0.3, -0.25) is 9.67 Å². The normalized spacial score (nSPS) is 12.4. The molecule has 3 heterocycles. The molecular formula is C34H34ClF5N6O3. The number of imidazole rings is 1. The fraction of sp³-hybridized carbons (Fsp3) is 0.324. The van der Waals surface area contributed by atoms with Gasteiger partial charge in [0, 0.05) is 23.7 Å². The third-order valence-corrected chi connectivity index (χ3v) is 7.33. The molecule has 9 nitrogen and oxygen atoms in total. The van der Waals surface area contributed by atoms with Crippen molar-refractivity contribution < 1.29 is 53.1 Å². The Morgan fingerprint density at radius 3 is 2.37 bits per heavy atom. The maximum Gasteiger partial charge on any atom is 0.417 e. The molecule has 49 heavy (non-hydrogen) atoms. The number of aromatic nitrogens is 5. The van der Waals surface area contributed by atoms with Gasteiger partial charge in [-0.2, -0.15) is 18.3 Å². The van der Waals surface area contributed by atoms with Crippen molar-refractivity contribution in [3.05, 3.63) is 89.9 Å². The van der Waals surface area contributed by atoms with Crippen LogP contribution in [0.4, 0.5) is 22.0 Å².